The van der Waals surface area contributed by atoms with Crippen LogP contribution in [0.25, 0.3) is 0 Å². The number of hydrogen-bond acceptors (Lipinski definition) is 6. The SMILES string of the molecule is CCCC(C(=O)OC)C(C1CCCCC1)P(=O)(OC)C(C)NC(=O)OCc1ccccc1. The van der Waals surface area contributed by atoms with Crippen LogP contribution in [0.4, 0.5) is 4.79 Å². The van der Waals surface area contributed by atoms with Gasteiger partial charge < -0.3 is 19.3 Å². The van der Waals surface area contributed by atoms with Crippen LogP contribution in [0.2, 0.25) is 0 Å². The predicted molar refractivity (Wildman–Crippen MR) is 125 cm³/mol. The number of benzene rings is 1. The molecule has 1 N–H and O–H groups in total. The van der Waals surface area contributed by atoms with E-state index < -0.39 is 30.8 Å². The van der Waals surface area contributed by atoms with Gasteiger partial charge in [-0.2, -0.15) is 0 Å². The molecule has 32 heavy (non-hydrogen) atoms. The normalized spacial score (nSPS) is 19.2. The van der Waals surface area contributed by atoms with E-state index in [9.17, 15) is 14.2 Å². The fourth-order valence-corrected chi connectivity index (χ4v) is 7.82. The van der Waals surface area contributed by atoms with Crippen molar-refractivity contribution in [3.63, 3.8) is 0 Å². The largest absolute Gasteiger partial charge is 0.469 e. The zero-order valence-electron chi connectivity index (χ0n) is 19.7. The number of nitrogens with one attached hydrogen (secondary N) is 1. The number of methoxy groups -OCH3 is 1. The number of hydrogen-bond donors (Lipinski definition) is 1. The first-order valence-corrected chi connectivity index (χ1v) is 13.3. The minimum Gasteiger partial charge on any atom is -0.469 e. The molecule has 1 aliphatic rings. The Balaban J connectivity index is 2.23. The summed E-state index contributed by atoms with van der Waals surface area (Å²) in [6.45, 7) is 3.78. The zero-order chi connectivity index (χ0) is 23.6. The number of carbonyl (C=O) groups is 2. The fourth-order valence-electron chi connectivity index (χ4n) is 4.80. The maximum atomic E-state index is 14.3. The molecule has 0 saturated heterocycles. The molecular formula is C24H38NO6P. The van der Waals surface area contributed by atoms with Gasteiger partial charge in [-0.3, -0.25) is 9.36 Å². The first kappa shape index (κ1) is 26.4. The highest BCUT2D eigenvalue weighted by Crippen LogP contribution is 2.62. The molecule has 1 aliphatic carbocycles. The van der Waals surface area contributed by atoms with Crippen molar-refractivity contribution < 1.29 is 28.2 Å². The Bertz CT molecular complexity index is 765. The van der Waals surface area contributed by atoms with Gasteiger partial charge in [0.05, 0.1) is 18.7 Å². The molecule has 4 atom stereocenters. The van der Waals surface area contributed by atoms with Gasteiger partial charge in [0.1, 0.15) is 12.4 Å². The van der Waals surface area contributed by atoms with Crippen LogP contribution < -0.4 is 5.32 Å². The van der Waals surface area contributed by atoms with Crippen molar-refractivity contribution in [2.45, 2.75) is 76.8 Å². The van der Waals surface area contributed by atoms with Crippen LogP contribution >= 0.6 is 7.37 Å². The lowest BCUT2D eigenvalue weighted by molar-refractivity contribution is -0.146. The van der Waals surface area contributed by atoms with E-state index in [-0.39, 0.29) is 18.5 Å². The summed E-state index contributed by atoms with van der Waals surface area (Å²) in [5.41, 5.74) is 0.351. The Labute approximate surface area is 192 Å². The van der Waals surface area contributed by atoms with Crippen molar-refractivity contribution >= 4 is 19.4 Å². The van der Waals surface area contributed by atoms with E-state index in [1.165, 1.54) is 14.2 Å². The highest BCUT2D eigenvalue weighted by molar-refractivity contribution is 7.60. The highest BCUT2D eigenvalue weighted by Gasteiger charge is 2.50. The average molecular weight is 468 g/mol. The van der Waals surface area contributed by atoms with Crippen LogP contribution in [0.5, 0.6) is 0 Å². The third-order valence-corrected chi connectivity index (χ3v) is 9.82. The maximum Gasteiger partial charge on any atom is 0.408 e. The molecule has 4 unspecified atom stereocenters. The summed E-state index contributed by atoms with van der Waals surface area (Å²) in [6.07, 6.45) is 5.64. The van der Waals surface area contributed by atoms with E-state index in [1.54, 1.807) is 6.92 Å². The highest BCUT2D eigenvalue weighted by atomic mass is 31.2. The van der Waals surface area contributed by atoms with Gasteiger partial charge in [-0.1, -0.05) is 62.9 Å². The maximum absolute atomic E-state index is 14.3. The van der Waals surface area contributed by atoms with Crippen molar-refractivity contribution in [1.82, 2.24) is 5.32 Å². The molecule has 1 aromatic carbocycles. The molecule has 8 heteroatoms. The molecule has 1 fully saturated rings. The summed E-state index contributed by atoms with van der Waals surface area (Å²) >= 11 is 0. The lowest BCUT2D eigenvalue weighted by Gasteiger charge is -2.40. The van der Waals surface area contributed by atoms with E-state index >= 15 is 0 Å². The van der Waals surface area contributed by atoms with Crippen LogP contribution in [0.15, 0.2) is 30.3 Å². The molecule has 0 spiro atoms. The molecular weight excluding hydrogens is 429 g/mol. The van der Waals surface area contributed by atoms with Gasteiger partial charge in [-0.25, -0.2) is 4.79 Å². The quantitative estimate of drug-likeness (QED) is 0.331. The van der Waals surface area contributed by atoms with Gasteiger partial charge in [-0.15, -0.1) is 0 Å². The van der Waals surface area contributed by atoms with Gasteiger partial charge in [0.25, 0.3) is 0 Å². The molecule has 1 amide bonds. The summed E-state index contributed by atoms with van der Waals surface area (Å²) in [6, 6.07) is 9.35. The van der Waals surface area contributed by atoms with Crippen LogP contribution in [0.1, 0.15) is 64.4 Å². The Morgan fingerprint density at radius 3 is 2.34 bits per heavy atom. The molecule has 0 aliphatic heterocycles. The van der Waals surface area contributed by atoms with E-state index in [0.29, 0.717) is 6.42 Å². The third-order valence-electron chi connectivity index (χ3n) is 6.43. The molecule has 180 valence electrons. The molecule has 0 aromatic heterocycles. The van der Waals surface area contributed by atoms with Crippen molar-refractivity contribution in [3.8, 4) is 0 Å². The third kappa shape index (κ3) is 6.82. The lowest BCUT2D eigenvalue weighted by atomic mass is 9.81. The second-order valence-electron chi connectivity index (χ2n) is 8.52. The number of amides is 1. The second kappa shape index (κ2) is 13.0. The fraction of sp³-hybridized carbons (Fsp3) is 0.667. The van der Waals surface area contributed by atoms with Crippen LogP contribution in [0.3, 0.4) is 0 Å². The smallest absolute Gasteiger partial charge is 0.408 e. The average Bonchev–Trinajstić information content (AvgIpc) is 2.83. The zero-order valence-corrected chi connectivity index (χ0v) is 20.6. The monoisotopic (exact) mass is 467 g/mol. The van der Waals surface area contributed by atoms with Gasteiger partial charge in [0.2, 0.25) is 7.37 Å². The standard InChI is InChI=1S/C24H38NO6P/c1-5-12-21(23(26)29-3)22(20-15-10-7-11-16-20)32(28,30-4)18(2)25-24(27)31-17-19-13-8-6-9-14-19/h6,8-9,13-14,18,20-22H,5,7,10-12,15-17H2,1-4H3,(H,25,27). The molecule has 1 aromatic rings. The molecule has 0 heterocycles. The summed E-state index contributed by atoms with van der Waals surface area (Å²) in [5, 5.41) is 2.71. The Morgan fingerprint density at radius 1 is 1.12 bits per heavy atom. The molecule has 7 nitrogen and oxygen atoms in total. The van der Waals surface area contributed by atoms with Crippen LogP contribution in [-0.4, -0.2) is 37.7 Å². The van der Waals surface area contributed by atoms with Crippen molar-refractivity contribution in [2.75, 3.05) is 14.2 Å². The van der Waals surface area contributed by atoms with Gasteiger partial charge >= 0.3 is 12.1 Å². The van der Waals surface area contributed by atoms with Crippen molar-refractivity contribution in [3.05, 3.63) is 35.9 Å². The summed E-state index contributed by atoms with van der Waals surface area (Å²) in [5.74, 6) is -1.62. The number of alkyl carbamates (subject to hydrolysis) is 1. The van der Waals surface area contributed by atoms with Crippen molar-refractivity contribution in [2.24, 2.45) is 11.8 Å². The minimum atomic E-state index is -3.49. The van der Waals surface area contributed by atoms with E-state index in [2.05, 4.69) is 5.32 Å². The van der Waals surface area contributed by atoms with Gasteiger partial charge in [0, 0.05) is 7.11 Å². The molecule has 2 rings (SSSR count). The van der Waals surface area contributed by atoms with Gasteiger partial charge in [0.15, 0.2) is 0 Å². The van der Waals surface area contributed by atoms with E-state index in [1.807, 2.05) is 37.3 Å². The Kier molecular flexibility index (Phi) is 10.7. The molecule has 0 bridgehead atoms. The summed E-state index contributed by atoms with van der Waals surface area (Å²) < 4.78 is 30.4. The van der Waals surface area contributed by atoms with Gasteiger partial charge in [-0.05, 0) is 37.7 Å². The Morgan fingerprint density at radius 2 is 1.78 bits per heavy atom. The topological polar surface area (TPSA) is 90.9 Å². The summed E-state index contributed by atoms with van der Waals surface area (Å²) in [4.78, 5) is 25.2. The number of ether oxygens (including phenoxy) is 2. The van der Waals surface area contributed by atoms with E-state index in [0.717, 1.165) is 44.1 Å². The number of carbonyl (C=O) groups excluding carboxylic acids is 2. The lowest BCUT2D eigenvalue weighted by Crippen LogP contribution is -2.43. The first-order chi connectivity index (χ1) is 15.4. The Hall–Kier alpha value is -1.85. The minimum absolute atomic E-state index is 0.0785. The summed E-state index contributed by atoms with van der Waals surface area (Å²) in [7, 11) is -0.714. The van der Waals surface area contributed by atoms with Crippen molar-refractivity contribution in [1.29, 1.82) is 0 Å². The molecule has 0 radical (unpaired) electrons. The molecule has 1 saturated carbocycles. The van der Waals surface area contributed by atoms with E-state index in [4.69, 9.17) is 14.0 Å². The predicted octanol–water partition coefficient (Wildman–Crippen LogP) is 5.72. The van der Waals surface area contributed by atoms with Crippen LogP contribution in [-0.2, 0) is 30.0 Å². The van der Waals surface area contributed by atoms with Crippen LogP contribution in [0, 0.1) is 11.8 Å². The number of rotatable bonds is 11. The number of esters is 1. The second-order valence-corrected chi connectivity index (χ2v) is 11.5. The first-order valence-electron chi connectivity index (χ1n) is 11.6.